The third-order valence-electron chi connectivity index (χ3n) is 2.46. The summed E-state index contributed by atoms with van der Waals surface area (Å²) < 4.78 is 43.5. The summed E-state index contributed by atoms with van der Waals surface area (Å²) in [5.41, 5.74) is 0. The molecule has 0 aliphatic heterocycles. The van der Waals surface area contributed by atoms with Crippen LogP contribution in [0.25, 0.3) is 0 Å². The van der Waals surface area contributed by atoms with Gasteiger partial charge in [-0.1, -0.05) is 6.92 Å². The Hall–Kier alpha value is -1.18. The number of sulfonamides is 1. The first kappa shape index (κ1) is 14.9. The molecule has 0 saturated carbocycles. The van der Waals surface area contributed by atoms with E-state index in [1.807, 2.05) is 0 Å². The van der Waals surface area contributed by atoms with E-state index in [2.05, 4.69) is 0 Å². The predicted molar refractivity (Wildman–Crippen MR) is 64.5 cm³/mol. The van der Waals surface area contributed by atoms with Gasteiger partial charge in [0.15, 0.2) is 11.6 Å². The fraction of sp³-hybridized carbons (Fsp3) is 0.455. The Balaban J connectivity index is 3.15. The van der Waals surface area contributed by atoms with E-state index in [0.717, 1.165) is 10.4 Å². The fourth-order valence-corrected chi connectivity index (χ4v) is 2.97. The van der Waals surface area contributed by atoms with Gasteiger partial charge in [0.05, 0.1) is 18.6 Å². The molecule has 0 aliphatic carbocycles. The van der Waals surface area contributed by atoms with Gasteiger partial charge in [-0.3, -0.25) is 0 Å². The molecule has 1 rings (SSSR count). The average Bonchev–Trinajstić information content (AvgIpc) is 2.35. The molecule has 0 heterocycles. The lowest BCUT2D eigenvalue weighted by Gasteiger charge is -2.19. The average molecular weight is 277 g/mol. The zero-order chi connectivity index (χ0) is 13.8. The van der Waals surface area contributed by atoms with Crippen LogP contribution in [0.2, 0.25) is 0 Å². The zero-order valence-electron chi connectivity index (χ0n) is 10.3. The number of rotatable bonds is 6. The van der Waals surface area contributed by atoms with E-state index in [9.17, 15) is 12.8 Å². The number of methoxy groups -OCH3 is 1. The van der Waals surface area contributed by atoms with Crippen LogP contribution in [0.4, 0.5) is 4.39 Å². The SMILES string of the molecule is CCN(CCO)S(=O)(=O)c1ccc(OC)c(F)c1. The molecule has 7 heteroatoms. The van der Waals surface area contributed by atoms with E-state index in [0.29, 0.717) is 0 Å². The summed E-state index contributed by atoms with van der Waals surface area (Å²) in [5, 5.41) is 8.81. The molecule has 0 radical (unpaired) electrons. The minimum Gasteiger partial charge on any atom is -0.494 e. The van der Waals surface area contributed by atoms with Crippen LogP contribution < -0.4 is 4.74 Å². The Morgan fingerprint density at radius 2 is 2.11 bits per heavy atom. The van der Waals surface area contributed by atoms with Gasteiger partial charge in [-0.15, -0.1) is 0 Å². The largest absolute Gasteiger partial charge is 0.494 e. The van der Waals surface area contributed by atoms with E-state index in [1.165, 1.54) is 19.2 Å². The second-order valence-corrected chi connectivity index (χ2v) is 5.45. The molecule has 0 fully saturated rings. The molecule has 0 aromatic heterocycles. The van der Waals surface area contributed by atoms with Crippen molar-refractivity contribution in [2.75, 3.05) is 26.8 Å². The van der Waals surface area contributed by atoms with Crippen LogP contribution in [-0.2, 0) is 10.0 Å². The molecule has 0 unspecified atom stereocenters. The summed E-state index contributed by atoms with van der Waals surface area (Å²) in [6, 6.07) is 3.44. The van der Waals surface area contributed by atoms with Crippen LogP contribution in [0.3, 0.4) is 0 Å². The summed E-state index contributed by atoms with van der Waals surface area (Å²) in [4.78, 5) is -0.156. The van der Waals surface area contributed by atoms with E-state index in [-0.39, 0.29) is 30.3 Å². The topological polar surface area (TPSA) is 66.8 Å². The van der Waals surface area contributed by atoms with Gasteiger partial charge < -0.3 is 9.84 Å². The maximum absolute atomic E-state index is 13.5. The summed E-state index contributed by atoms with van der Waals surface area (Å²) in [5.74, 6) is -0.752. The van der Waals surface area contributed by atoms with Crippen LogP contribution in [0.1, 0.15) is 6.92 Å². The molecule has 0 aliphatic rings. The number of likely N-dealkylation sites (N-methyl/N-ethyl adjacent to an activating group) is 1. The first-order valence-corrected chi connectivity index (χ1v) is 6.86. The van der Waals surface area contributed by atoms with Crippen molar-refractivity contribution >= 4 is 10.0 Å². The van der Waals surface area contributed by atoms with Crippen molar-refractivity contribution < 1.29 is 22.7 Å². The Morgan fingerprint density at radius 3 is 2.56 bits per heavy atom. The molecule has 0 spiro atoms. The van der Waals surface area contributed by atoms with Crippen molar-refractivity contribution in [3.63, 3.8) is 0 Å². The van der Waals surface area contributed by atoms with Gasteiger partial charge in [0, 0.05) is 13.1 Å². The third-order valence-corrected chi connectivity index (χ3v) is 4.43. The molecular weight excluding hydrogens is 261 g/mol. The normalized spacial score (nSPS) is 11.8. The fourth-order valence-electron chi connectivity index (χ4n) is 1.52. The van der Waals surface area contributed by atoms with Crippen molar-refractivity contribution in [1.29, 1.82) is 0 Å². The van der Waals surface area contributed by atoms with Crippen molar-refractivity contribution in [2.24, 2.45) is 0 Å². The van der Waals surface area contributed by atoms with Crippen molar-refractivity contribution in [2.45, 2.75) is 11.8 Å². The van der Waals surface area contributed by atoms with E-state index in [1.54, 1.807) is 6.92 Å². The molecule has 1 aromatic rings. The van der Waals surface area contributed by atoms with Crippen molar-refractivity contribution in [1.82, 2.24) is 4.31 Å². The van der Waals surface area contributed by atoms with Crippen LogP contribution in [-0.4, -0.2) is 44.6 Å². The minimum absolute atomic E-state index is 0.0147. The maximum Gasteiger partial charge on any atom is 0.243 e. The number of aliphatic hydroxyl groups is 1. The standard InChI is InChI=1S/C11H16FNO4S/c1-3-13(6-7-14)18(15,16)9-4-5-11(17-2)10(12)8-9/h4-5,8,14H,3,6-7H2,1-2H3. The summed E-state index contributed by atoms with van der Waals surface area (Å²) in [6.07, 6.45) is 0. The smallest absolute Gasteiger partial charge is 0.243 e. The quantitative estimate of drug-likeness (QED) is 0.836. The Kier molecular flexibility index (Phi) is 5.06. The lowest BCUT2D eigenvalue weighted by molar-refractivity contribution is 0.257. The number of aliphatic hydroxyl groups excluding tert-OH is 1. The summed E-state index contributed by atoms with van der Waals surface area (Å²) in [7, 11) is -2.48. The molecule has 102 valence electrons. The van der Waals surface area contributed by atoms with Crippen LogP contribution in [0, 0.1) is 5.82 Å². The Labute approximate surface area is 106 Å². The van der Waals surface area contributed by atoms with Crippen LogP contribution in [0.5, 0.6) is 5.75 Å². The number of halogens is 1. The predicted octanol–water partition coefficient (Wildman–Crippen LogP) is 0.837. The Bertz CT molecular complexity index is 504. The monoisotopic (exact) mass is 277 g/mol. The highest BCUT2D eigenvalue weighted by molar-refractivity contribution is 7.89. The van der Waals surface area contributed by atoms with Gasteiger partial charge in [0.1, 0.15) is 0 Å². The second kappa shape index (κ2) is 6.12. The van der Waals surface area contributed by atoms with Gasteiger partial charge in [0.25, 0.3) is 0 Å². The molecule has 18 heavy (non-hydrogen) atoms. The second-order valence-electron chi connectivity index (χ2n) is 3.52. The van der Waals surface area contributed by atoms with E-state index < -0.39 is 15.8 Å². The highest BCUT2D eigenvalue weighted by Gasteiger charge is 2.23. The third kappa shape index (κ3) is 2.98. The molecule has 1 N–H and O–H groups in total. The first-order valence-electron chi connectivity index (χ1n) is 5.42. The molecule has 0 saturated heterocycles. The van der Waals surface area contributed by atoms with Gasteiger partial charge in [0.2, 0.25) is 10.0 Å². The molecular formula is C11H16FNO4S. The molecule has 1 aromatic carbocycles. The number of hydrogen-bond acceptors (Lipinski definition) is 4. The van der Waals surface area contributed by atoms with Gasteiger partial charge in [-0.2, -0.15) is 4.31 Å². The molecule has 0 bridgehead atoms. The molecule has 0 atom stereocenters. The number of hydrogen-bond donors (Lipinski definition) is 1. The number of benzene rings is 1. The van der Waals surface area contributed by atoms with Gasteiger partial charge in [-0.05, 0) is 18.2 Å². The number of nitrogens with zero attached hydrogens (tertiary/aromatic N) is 1. The van der Waals surface area contributed by atoms with Crippen LogP contribution in [0.15, 0.2) is 23.1 Å². The highest BCUT2D eigenvalue weighted by atomic mass is 32.2. The maximum atomic E-state index is 13.5. The summed E-state index contributed by atoms with van der Waals surface area (Å²) in [6.45, 7) is 1.54. The van der Waals surface area contributed by atoms with Crippen molar-refractivity contribution in [3.05, 3.63) is 24.0 Å². The first-order chi connectivity index (χ1) is 8.47. The van der Waals surface area contributed by atoms with E-state index in [4.69, 9.17) is 9.84 Å². The highest BCUT2D eigenvalue weighted by Crippen LogP contribution is 2.22. The number of ether oxygens (including phenoxy) is 1. The lowest BCUT2D eigenvalue weighted by Crippen LogP contribution is -2.33. The Morgan fingerprint density at radius 1 is 1.44 bits per heavy atom. The van der Waals surface area contributed by atoms with Crippen molar-refractivity contribution in [3.8, 4) is 5.75 Å². The van der Waals surface area contributed by atoms with Gasteiger partial charge in [-0.25, -0.2) is 12.8 Å². The lowest BCUT2D eigenvalue weighted by atomic mass is 10.3. The van der Waals surface area contributed by atoms with Crippen LogP contribution >= 0.6 is 0 Å². The molecule has 0 amide bonds. The van der Waals surface area contributed by atoms with Gasteiger partial charge >= 0.3 is 0 Å². The summed E-state index contributed by atoms with van der Waals surface area (Å²) >= 11 is 0. The minimum atomic E-state index is -3.78. The van der Waals surface area contributed by atoms with E-state index >= 15 is 0 Å². The molecule has 5 nitrogen and oxygen atoms in total. The zero-order valence-corrected chi connectivity index (χ0v) is 11.1.